The highest BCUT2D eigenvalue weighted by Crippen LogP contribution is 2.02. The minimum Gasteiger partial charge on any atom is -0.394 e. The van der Waals surface area contributed by atoms with Crippen molar-refractivity contribution in [3.63, 3.8) is 0 Å². The van der Waals surface area contributed by atoms with Gasteiger partial charge in [0.05, 0.1) is 12.3 Å². The Morgan fingerprint density at radius 1 is 1.43 bits per heavy atom. The van der Waals surface area contributed by atoms with Crippen molar-refractivity contribution < 1.29 is 9.90 Å². The quantitative estimate of drug-likeness (QED) is 0.485. The molecule has 1 unspecified atom stereocenters. The molecule has 5 nitrogen and oxygen atoms in total. The van der Waals surface area contributed by atoms with Gasteiger partial charge < -0.3 is 10.8 Å². The molecule has 0 saturated heterocycles. The monoisotopic (exact) mass is 195 g/mol. The van der Waals surface area contributed by atoms with E-state index in [4.69, 9.17) is 10.8 Å². The average Bonchev–Trinajstić information content (AvgIpc) is 2.26. The third-order valence-corrected chi connectivity index (χ3v) is 1.64. The minimum absolute atomic E-state index is 0.373. The maximum Gasteiger partial charge on any atom is 0.257 e. The molecule has 14 heavy (non-hydrogen) atoms. The molecule has 0 aliphatic carbocycles. The van der Waals surface area contributed by atoms with E-state index >= 15 is 0 Å². The Balaban J connectivity index is 2.38. The first-order chi connectivity index (χ1) is 6.74. The molecule has 1 rings (SSSR count). The Kier molecular flexibility index (Phi) is 3.90. The highest BCUT2D eigenvalue weighted by Gasteiger charge is 2.10. The van der Waals surface area contributed by atoms with Gasteiger partial charge >= 0.3 is 0 Å². The van der Waals surface area contributed by atoms with E-state index in [1.807, 2.05) is 18.2 Å². The van der Waals surface area contributed by atoms with Crippen LogP contribution in [-0.2, 0) is 4.79 Å². The number of nitrogens with two attached hydrogens (primary N) is 1. The van der Waals surface area contributed by atoms with Gasteiger partial charge in [0.15, 0.2) is 0 Å². The van der Waals surface area contributed by atoms with Gasteiger partial charge in [0, 0.05) is 0 Å². The number of nitrogens with one attached hydrogen (secondary N) is 2. The molecule has 0 aromatic heterocycles. The molecule has 5 heteroatoms. The Morgan fingerprint density at radius 3 is 2.64 bits per heavy atom. The molecule has 0 bridgehead atoms. The van der Waals surface area contributed by atoms with Gasteiger partial charge in [-0.3, -0.25) is 15.6 Å². The molecule has 0 radical (unpaired) electrons. The zero-order valence-electron chi connectivity index (χ0n) is 7.60. The number of aliphatic hydroxyl groups is 1. The molecule has 0 saturated carbocycles. The largest absolute Gasteiger partial charge is 0.394 e. The Hall–Kier alpha value is -1.59. The normalized spacial score (nSPS) is 11.9. The van der Waals surface area contributed by atoms with Crippen molar-refractivity contribution in [1.82, 2.24) is 5.43 Å². The number of hydrogen-bond donors (Lipinski definition) is 4. The molecule has 1 atom stereocenters. The van der Waals surface area contributed by atoms with Crippen molar-refractivity contribution in [2.24, 2.45) is 5.73 Å². The van der Waals surface area contributed by atoms with Gasteiger partial charge in [0.1, 0.15) is 6.04 Å². The lowest BCUT2D eigenvalue weighted by Gasteiger charge is -2.11. The lowest BCUT2D eigenvalue weighted by Crippen LogP contribution is -2.45. The zero-order chi connectivity index (χ0) is 10.4. The summed E-state index contributed by atoms with van der Waals surface area (Å²) in [5, 5.41) is 8.59. The third-order valence-electron chi connectivity index (χ3n) is 1.64. The second-order valence-electron chi connectivity index (χ2n) is 2.77. The third kappa shape index (κ3) is 3.04. The van der Waals surface area contributed by atoms with Crippen LogP contribution in [0.4, 0.5) is 5.69 Å². The van der Waals surface area contributed by atoms with E-state index in [0.29, 0.717) is 0 Å². The number of amides is 1. The number of benzene rings is 1. The molecule has 0 aliphatic heterocycles. The van der Waals surface area contributed by atoms with Gasteiger partial charge in [0.2, 0.25) is 0 Å². The first-order valence-electron chi connectivity index (χ1n) is 4.21. The van der Waals surface area contributed by atoms with E-state index in [-0.39, 0.29) is 6.61 Å². The van der Waals surface area contributed by atoms with Crippen LogP contribution in [-0.4, -0.2) is 23.7 Å². The second-order valence-corrected chi connectivity index (χ2v) is 2.77. The fourth-order valence-electron chi connectivity index (χ4n) is 0.831. The van der Waals surface area contributed by atoms with E-state index in [9.17, 15) is 4.79 Å². The van der Waals surface area contributed by atoms with Crippen LogP contribution in [0.15, 0.2) is 30.3 Å². The smallest absolute Gasteiger partial charge is 0.257 e. The molecule has 1 amide bonds. The minimum atomic E-state index is -0.897. The van der Waals surface area contributed by atoms with Crippen LogP contribution in [0.25, 0.3) is 0 Å². The molecular weight excluding hydrogens is 182 g/mol. The van der Waals surface area contributed by atoms with Crippen LogP contribution in [0.2, 0.25) is 0 Å². The van der Waals surface area contributed by atoms with Crippen molar-refractivity contribution >= 4 is 11.6 Å². The molecule has 0 spiro atoms. The van der Waals surface area contributed by atoms with Gasteiger partial charge in [-0.05, 0) is 12.1 Å². The zero-order valence-corrected chi connectivity index (χ0v) is 7.60. The van der Waals surface area contributed by atoms with Crippen LogP contribution < -0.4 is 16.6 Å². The topological polar surface area (TPSA) is 87.4 Å². The maximum absolute atomic E-state index is 11.1. The maximum atomic E-state index is 11.1. The highest BCUT2D eigenvalue weighted by atomic mass is 16.3. The van der Waals surface area contributed by atoms with Gasteiger partial charge in [-0.25, -0.2) is 0 Å². The van der Waals surface area contributed by atoms with Crippen molar-refractivity contribution in [2.75, 3.05) is 12.0 Å². The van der Waals surface area contributed by atoms with Crippen LogP contribution in [0.5, 0.6) is 0 Å². The molecule has 5 N–H and O–H groups in total. The molecule has 1 aromatic rings. The van der Waals surface area contributed by atoms with Crippen LogP contribution in [0.3, 0.4) is 0 Å². The summed E-state index contributed by atoms with van der Waals surface area (Å²) in [6, 6.07) is 8.23. The number of carbonyl (C=O) groups is 1. The van der Waals surface area contributed by atoms with Crippen molar-refractivity contribution in [1.29, 1.82) is 0 Å². The fourth-order valence-corrected chi connectivity index (χ4v) is 0.831. The Bertz CT molecular complexity index is 289. The summed E-state index contributed by atoms with van der Waals surface area (Å²) >= 11 is 0. The van der Waals surface area contributed by atoms with Crippen LogP contribution in [0.1, 0.15) is 0 Å². The number of anilines is 1. The van der Waals surface area contributed by atoms with Crippen molar-refractivity contribution in [2.45, 2.75) is 6.04 Å². The summed E-state index contributed by atoms with van der Waals surface area (Å²) in [6.07, 6.45) is 0. The SMILES string of the molecule is NC(CO)C(=O)NNc1ccccc1. The average molecular weight is 195 g/mol. The van der Waals surface area contributed by atoms with Crippen LogP contribution >= 0.6 is 0 Å². The van der Waals surface area contributed by atoms with Crippen molar-refractivity contribution in [3.05, 3.63) is 30.3 Å². The Morgan fingerprint density at radius 2 is 2.07 bits per heavy atom. The molecular formula is C9H13N3O2. The van der Waals surface area contributed by atoms with Gasteiger partial charge in [0.25, 0.3) is 5.91 Å². The van der Waals surface area contributed by atoms with E-state index < -0.39 is 11.9 Å². The number of hydrogen-bond acceptors (Lipinski definition) is 4. The molecule has 0 fully saturated rings. The lowest BCUT2D eigenvalue weighted by molar-refractivity contribution is -0.122. The number of carbonyl (C=O) groups excluding carboxylic acids is 1. The summed E-state index contributed by atoms with van der Waals surface area (Å²) in [5.41, 5.74) is 11.1. The lowest BCUT2D eigenvalue weighted by atomic mass is 10.3. The summed E-state index contributed by atoms with van der Waals surface area (Å²) in [7, 11) is 0. The number of rotatable bonds is 4. The number of para-hydroxylation sites is 1. The summed E-state index contributed by atoms with van der Waals surface area (Å²) in [5.74, 6) is -0.448. The highest BCUT2D eigenvalue weighted by molar-refractivity contribution is 5.82. The predicted octanol–water partition coefficient (Wildman–Crippen LogP) is -0.551. The molecule has 76 valence electrons. The first-order valence-corrected chi connectivity index (χ1v) is 4.21. The van der Waals surface area contributed by atoms with Gasteiger partial charge in [-0.1, -0.05) is 18.2 Å². The van der Waals surface area contributed by atoms with E-state index in [0.717, 1.165) is 5.69 Å². The summed E-state index contributed by atoms with van der Waals surface area (Å²) in [6.45, 7) is -0.373. The van der Waals surface area contributed by atoms with Gasteiger partial charge in [-0.2, -0.15) is 0 Å². The predicted molar refractivity (Wildman–Crippen MR) is 53.3 cm³/mol. The fraction of sp³-hybridized carbons (Fsp3) is 0.222. The first kappa shape index (κ1) is 10.5. The molecule has 0 aliphatic rings. The van der Waals surface area contributed by atoms with E-state index in [1.165, 1.54) is 0 Å². The molecule has 1 aromatic carbocycles. The van der Waals surface area contributed by atoms with Crippen molar-refractivity contribution in [3.8, 4) is 0 Å². The van der Waals surface area contributed by atoms with E-state index in [2.05, 4.69) is 10.9 Å². The Labute approximate surface area is 81.9 Å². The summed E-state index contributed by atoms with van der Waals surface area (Å²) < 4.78 is 0. The second kappa shape index (κ2) is 5.21. The summed E-state index contributed by atoms with van der Waals surface area (Å²) in [4.78, 5) is 11.1. The van der Waals surface area contributed by atoms with Gasteiger partial charge in [-0.15, -0.1) is 0 Å². The number of aliphatic hydroxyl groups excluding tert-OH is 1. The van der Waals surface area contributed by atoms with E-state index in [1.54, 1.807) is 12.1 Å². The van der Waals surface area contributed by atoms with Crippen LogP contribution in [0, 0.1) is 0 Å². The molecule has 0 heterocycles. The number of hydrazine groups is 1. The standard InChI is InChI=1S/C9H13N3O2/c10-8(6-13)9(14)12-11-7-4-2-1-3-5-7/h1-5,8,11,13H,6,10H2,(H,12,14).